The van der Waals surface area contributed by atoms with E-state index in [1.807, 2.05) is 0 Å². The second-order valence-electron chi connectivity index (χ2n) is 6.55. The molecule has 0 aliphatic carbocycles. The highest BCUT2D eigenvalue weighted by molar-refractivity contribution is 5.18. The molecule has 1 aromatic carbocycles. The molecule has 1 saturated heterocycles. The normalized spacial score (nSPS) is 21.2. The van der Waals surface area contributed by atoms with E-state index in [9.17, 15) is 0 Å². The molecule has 1 aromatic rings. The lowest BCUT2D eigenvalue weighted by atomic mass is 9.82. The van der Waals surface area contributed by atoms with Crippen molar-refractivity contribution in [3.63, 3.8) is 0 Å². The summed E-state index contributed by atoms with van der Waals surface area (Å²) < 4.78 is 0. The molecule has 0 amide bonds. The molecular weight excluding hydrogens is 232 g/mol. The molecule has 0 spiro atoms. The maximum Gasteiger partial charge on any atom is 0.0329 e. The van der Waals surface area contributed by atoms with Gasteiger partial charge in [-0.2, -0.15) is 0 Å². The van der Waals surface area contributed by atoms with Crippen molar-refractivity contribution in [2.24, 2.45) is 5.41 Å². The molecule has 1 atom stereocenters. The lowest BCUT2D eigenvalue weighted by Crippen LogP contribution is -2.38. The van der Waals surface area contributed by atoms with Crippen LogP contribution in [0.4, 0.5) is 0 Å². The van der Waals surface area contributed by atoms with Crippen LogP contribution in [0.15, 0.2) is 30.3 Å². The van der Waals surface area contributed by atoms with Crippen LogP contribution in [-0.2, 0) is 0 Å². The minimum absolute atomic E-state index is 0.483. The molecule has 19 heavy (non-hydrogen) atoms. The Morgan fingerprint density at radius 2 is 1.79 bits per heavy atom. The molecule has 1 aliphatic rings. The fourth-order valence-corrected chi connectivity index (χ4v) is 2.86. The van der Waals surface area contributed by atoms with Gasteiger partial charge >= 0.3 is 0 Å². The Bertz CT molecular complexity index is 362. The highest BCUT2D eigenvalue weighted by Gasteiger charge is 2.25. The molecule has 1 N–H and O–H groups in total. The number of rotatable bonds is 5. The largest absolute Gasteiger partial charge is 0.313 e. The van der Waals surface area contributed by atoms with Gasteiger partial charge in [0.2, 0.25) is 0 Å². The molecule has 2 rings (SSSR count). The molecule has 0 aromatic heterocycles. The first-order chi connectivity index (χ1) is 9.11. The standard InChI is InChI=1S/C17H28N2/c1-17(2)10-13-19(14-11-17)12-9-16(18-3)15-7-5-4-6-8-15/h4-8,16,18H,9-14H2,1-3H3. The first kappa shape index (κ1) is 14.5. The third-order valence-electron chi connectivity index (χ3n) is 4.49. The molecule has 1 heterocycles. The van der Waals surface area contributed by atoms with Gasteiger partial charge < -0.3 is 10.2 Å². The fraction of sp³-hybridized carbons (Fsp3) is 0.647. The van der Waals surface area contributed by atoms with Gasteiger partial charge in [0.1, 0.15) is 0 Å². The third kappa shape index (κ3) is 4.32. The number of hydrogen-bond acceptors (Lipinski definition) is 2. The summed E-state index contributed by atoms with van der Waals surface area (Å²) in [5, 5.41) is 3.45. The van der Waals surface area contributed by atoms with Crippen LogP contribution in [0, 0.1) is 5.41 Å². The van der Waals surface area contributed by atoms with Crippen molar-refractivity contribution >= 4 is 0 Å². The summed E-state index contributed by atoms with van der Waals surface area (Å²) in [5.41, 5.74) is 1.96. The first-order valence-corrected chi connectivity index (χ1v) is 7.55. The average molecular weight is 260 g/mol. The molecule has 2 heteroatoms. The minimum Gasteiger partial charge on any atom is -0.313 e. The van der Waals surface area contributed by atoms with Crippen molar-refractivity contribution in [1.29, 1.82) is 0 Å². The van der Waals surface area contributed by atoms with E-state index in [0.717, 1.165) is 0 Å². The number of benzene rings is 1. The van der Waals surface area contributed by atoms with Gasteiger partial charge in [0.05, 0.1) is 0 Å². The SMILES string of the molecule is CNC(CCN1CCC(C)(C)CC1)c1ccccc1. The number of likely N-dealkylation sites (tertiary alicyclic amines) is 1. The Morgan fingerprint density at radius 1 is 1.16 bits per heavy atom. The van der Waals surface area contributed by atoms with Crippen molar-refractivity contribution in [3.8, 4) is 0 Å². The van der Waals surface area contributed by atoms with Crippen LogP contribution in [0.1, 0.15) is 44.7 Å². The zero-order chi connectivity index (χ0) is 13.7. The van der Waals surface area contributed by atoms with Crippen LogP contribution >= 0.6 is 0 Å². The predicted octanol–water partition coefficient (Wildman–Crippen LogP) is 3.46. The number of piperidine rings is 1. The van der Waals surface area contributed by atoms with E-state index in [4.69, 9.17) is 0 Å². The summed E-state index contributed by atoms with van der Waals surface area (Å²) >= 11 is 0. The molecule has 0 bridgehead atoms. The predicted molar refractivity (Wildman–Crippen MR) is 82.3 cm³/mol. The number of hydrogen-bond donors (Lipinski definition) is 1. The van der Waals surface area contributed by atoms with Gasteiger partial charge in [-0.1, -0.05) is 44.2 Å². The number of nitrogens with one attached hydrogen (secondary N) is 1. The highest BCUT2D eigenvalue weighted by atomic mass is 15.1. The van der Waals surface area contributed by atoms with Gasteiger partial charge in [0, 0.05) is 6.04 Å². The zero-order valence-electron chi connectivity index (χ0n) is 12.7. The summed E-state index contributed by atoms with van der Waals surface area (Å²) in [5.74, 6) is 0. The monoisotopic (exact) mass is 260 g/mol. The van der Waals surface area contributed by atoms with E-state index in [1.54, 1.807) is 0 Å². The van der Waals surface area contributed by atoms with E-state index in [2.05, 4.69) is 61.4 Å². The Hall–Kier alpha value is -0.860. The quantitative estimate of drug-likeness (QED) is 0.872. The maximum atomic E-state index is 3.45. The Kier molecular flexibility index (Phi) is 5.00. The fourth-order valence-electron chi connectivity index (χ4n) is 2.86. The minimum atomic E-state index is 0.483. The van der Waals surface area contributed by atoms with E-state index < -0.39 is 0 Å². The molecule has 2 nitrogen and oxygen atoms in total. The van der Waals surface area contributed by atoms with Crippen LogP contribution in [0.25, 0.3) is 0 Å². The van der Waals surface area contributed by atoms with E-state index in [0.29, 0.717) is 11.5 Å². The molecule has 0 saturated carbocycles. The summed E-state index contributed by atoms with van der Waals surface area (Å²) in [6, 6.07) is 11.3. The molecule has 1 fully saturated rings. The van der Waals surface area contributed by atoms with Crippen molar-refractivity contribution in [2.75, 3.05) is 26.7 Å². The topological polar surface area (TPSA) is 15.3 Å². The summed E-state index contributed by atoms with van der Waals surface area (Å²) in [6.07, 6.45) is 3.87. The van der Waals surface area contributed by atoms with E-state index in [1.165, 1.54) is 44.5 Å². The molecule has 1 unspecified atom stereocenters. The highest BCUT2D eigenvalue weighted by Crippen LogP contribution is 2.30. The average Bonchev–Trinajstić information content (AvgIpc) is 2.42. The van der Waals surface area contributed by atoms with Gasteiger partial charge in [-0.15, -0.1) is 0 Å². The van der Waals surface area contributed by atoms with Crippen molar-refractivity contribution in [1.82, 2.24) is 10.2 Å². The molecule has 0 radical (unpaired) electrons. The van der Waals surface area contributed by atoms with Crippen molar-refractivity contribution in [3.05, 3.63) is 35.9 Å². The Balaban J connectivity index is 1.81. The van der Waals surface area contributed by atoms with E-state index >= 15 is 0 Å². The van der Waals surface area contributed by atoms with E-state index in [-0.39, 0.29) is 0 Å². The van der Waals surface area contributed by atoms with Gasteiger partial charge in [-0.3, -0.25) is 0 Å². The first-order valence-electron chi connectivity index (χ1n) is 7.55. The zero-order valence-corrected chi connectivity index (χ0v) is 12.7. The van der Waals surface area contributed by atoms with Crippen molar-refractivity contribution in [2.45, 2.75) is 39.2 Å². The Morgan fingerprint density at radius 3 is 2.37 bits per heavy atom. The van der Waals surface area contributed by atoms with Crippen LogP contribution in [0.3, 0.4) is 0 Å². The van der Waals surface area contributed by atoms with Crippen molar-refractivity contribution < 1.29 is 0 Å². The second kappa shape index (κ2) is 6.53. The van der Waals surface area contributed by atoms with Crippen LogP contribution in [0.5, 0.6) is 0 Å². The summed E-state index contributed by atoms with van der Waals surface area (Å²) in [7, 11) is 2.07. The summed E-state index contributed by atoms with van der Waals surface area (Å²) in [6.45, 7) is 8.52. The third-order valence-corrected chi connectivity index (χ3v) is 4.49. The Labute approximate surface area is 118 Å². The van der Waals surface area contributed by atoms with Crippen LogP contribution in [-0.4, -0.2) is 31.6 Å². The lowest BCUT2D eigenvalue weighted by Gasteiger charge is -2.37. The van der Waals surface area contributed by atoms with Crippen LogP contribution in [0.2, 0.25) is 0 Å². The van der Waals surface area contributed by atoms with Gasteiger partial charge in [-0.05, 0) is 56.9 Å². The molecule has 1 aliphatic heterocycles. The smallest absolute Gasteiger partial charge is 0.0329 e. The van der Waals surface area contributed by atoms with Crippen LogP contribution < -0.4 is 5.32 Å². The van der Waals surface area contributed by atoms with Gasteiger partial charge in [0.15, 0.2) is 0 Å². The molecule has 106 valence electrons. The lowest BCUT2D eigenvalue weighted by molar-refractivity contribution is 0.128. The van der Waals surface area contributed by atoms with Gasteiger partial charge in [0.25, 0.3) is 0 Å². The summed E-state index contributed by atoms with van der Waals surface area (Å²) in [4.78, 5) is 2.62. The molecular formula is C17H28N2. The van der Waals surface area contributed by atoms with Gasteiger partial charge in [-0.25, -0.2) is 0 Å². The second-order valence-corrected chi connectivity index (χ2v) is 6.55. The maximum absolute atomic E-state index is 3.45. The number of nitrogens with zero attached hydrogens (tertiary/aromatic N) is 1.